The summed E-state index contributed by atoms with van der Waals surface area (Å²) in [6.07, 6.45) is 2.20. The molecule has 0 aliphatic rings. The highest BCUT2D eigenvalue weighted by molar-refractivity contribution is 5.92. The zero-order valence-electron chi connectivity index (χ0n) is 15.4. The largest absolute Gasteiger partial charge is 0.493 e. The number of nitro groups is 1. The Morgan fingerprint density at radius 3 is 2.59 bits per heavy atom. The van der Waals surface area contributed by atoms with Crippen molar-refractivity contribution in [3.63, 3.8) is 0 Å². The molecule has 2 aromatic rings. The maximum absolute atomic E-state index is 13.3. The lowest BCUT2D eigenvalue weighted by Gasteiger charge is -2.11. The summed E-state index contributed by atoms with van der Waals surface area (Å²) in [4.78, 5) is 22.4. The van der Waals surface area contributed by atoms with Gasteiger partial charge in [0.25, 0.3) is 5.69 Å². The van der Waals surface area contributed by atoms with Gasteiger partial charge in [0, 0.05) is 12.6 Å². The SMILES string of the molecule is COc1cc(/C=C/C(=O)NCc2ccc(F)c(C)c2)c([N+](=O)[O-])cc1OC(F)F. The van der Waals surface area contributed by atoms with E-state index in [2.05, 4.69) is 10.1 Å². The van der Waals surface area contributed by atoms with Gasteiger partial charge >= 0.3 is 6.61 Å². The lowest BCUT2D eigenvalue weighted by atomic mass is 10.1. The first-order valence-corrected chi connectivity index (χ1v) is 8.23. The summed E-state index contributed by atoms with van der Waals surface area (Å²) in [5, 5.41) is 13.8. The van der Waals surface area contributed by atoms with Crippen LogP contribution in [-0.4, -0.2) is 24.6 Å². The molecule has 1 amide bonds. The molecule has 1 N–H and O–H groups in total. The fourth-order valence-electron chi connectivity index (χ4n) is 2.43. The number of rotatable bonds is 8. The third-order valence-electron chi connectivity index (χ3n) is 3.83. The van der Waals surface area contributed by atoms with Gasteiger partial charge < -0.3 is 14.8 Å². The van der Waals surface area contributed by atoms with Crippen LogP contribution in [0.2, 0.25) is 0 Å². The maximum Gasteiger partial charge on any atom is 0.387 e. The molecule has 7 nitrogen and oxygen atoms in total. The second-order valence-corrected chi connectivity index (χ2v) is 5.83. The van der Waals surface area contributed by atoms with E-state index in [4.69, 9.17) is 4.74 Å². The van der Waals surface area contributed by atoms with Gasteiger partial charge in [-0.25, -0.2) is 4.39 Å². The number of hydrogen-bond donors (Lipinski definition) is 1. The second kappa shape index (κ2) is 9.58. The van der Waals surface area contributed by atoms with Crippen molar-refractivity contribution in [3.8, 4) is 11.5 Å². The third kappa shape index (κ3) is 5.96. The van der Waals surface area contributed by atoms with Gasteiger partial charge in [0.05, 0.1) is 23.7 Å². The van der Waals surface area contributed by atoms with Gasteiger partial charge in [-0.2, -0.15) is 8.78 Å². The van der Waals surface area contributed by atoms with Crippen molar-refractivity contribution in [1.29, 1.82) is 0 Å². The molecule has 2 aromatic carbocycles. The molecule has 0 fully saturated rings. The molecule has 0 spiro atoms. The van der Waals surface area contributed by atoms with Gasteiger partial charge in [-0.05, 0) is 36.3 Å². The van der Waals surface area contributed by atoms with E-state index in [9.17, 15) is 28.1 Å². The van der Waals surface area contributed by atoms with Crippen LogP contribution in [0, 0.1) is 22.9 Å². The standard InChI is InChI=1S/C19H17F3N2O5/c1-11-7-12(3-5-14(11)20)10-23-18(25)6-4-13-8-16(28-2)17(29-19(21)22)9-15(13)24(26)27/h3-9,19H,10H2,1-2H3,(H,23,25)/b6-4+. The van der Waals surface area contributed by atoms with Gasteiger partial charge in [0.15, 0.2) is 11.5 Å². The topological polar surface area (TPSA) is 90.7 Å². The first kappa shape index (κ1) is 21.7. The van der Waals surface area contributed by atoms with E-state index in [0.29, 0.717) is 11.1 Å². The number of carbonyl (C=O) groups is 1. The Bertz CT molecular complexity index is 948. The summed E-state index contributed by atoms with van der Waals surface area (Å²) in [5.41, 5.74) is 0.522. The summed E-state index contributed by atoms with van der Waals surface area (Å²) in [5.74, 6) is -1.58. The highest BCUT2D eigenvalue weighted by atomic mass is 19.3. The van der Waals surface area contributed by atoms with Crippen LogP contribution < -0.4 is 14.8 Å². The summed E-state index contributed by atoms with van der Waals surface area (Å²) in [7, 11) is 1.18. The molecule has 0 atom stereocenters. The average molecular weight is 410 g/mol. The smallest absolute Gasteiger partial charge is 0.387 e. The van der Waals surface area contributed by atoms with Crippen molar-refractivity contribution < 1.29 is 32.4 Å². The number of alkyl halides is 2. The number of hydrogen-bond acceptors (Lipinski definition) is 5. The summed E-state index contributed by atoms with van der Waals surface area (Å²) in [6, 6.07) is 6.29. The molecular formula is C19H17F3N2O5. The van der Waals surface area contributed by atoms with Crippen molar-refractivity contribution >= 4 is 17.7 Å². The van der Waals surface area contributed by atoms with Crippen LogP contribution >= 0.6 is 0 Å². The van der Waals surface area contributed by atoms with Gasteiger partial charge in [0.1, 0.15) is 5.82 Å². The van der Waals surface area contributed by atoms with Crippen molar-refractivity contribution in [2.75, 3.05) is 7.11 Å². The molecule has 0 aliphatic heterocycles. The van der Waals surface area contributed by atoms with Crippen molar-refractivity contribution in [2.45, 2.75) is 20.1 Å². The Kier molecular flexibility index (Phi) is 7.18. The van der Waals surface area contributed by atoms with Crippen molar-refractivity contribution in [1.82, 2.24) is 5.32 Å². The van der Waals surface area contributed by atoms with Gasteiger partial charge in [-0.15, -0.1) is 0 Å². The molecule has 154 valence electrons. The minimum Gasteiger partial charge on any atom is -0.493 e. The summed E-state index contributed by atoms with van der Waals surface area (Å²) >= 11 is 0. The summed E-state index contributed by atoms with van der Waals surface area (Å²) < 4.78 is 47.3. The molecule has 10 heteroatoms. The van der Waals surface area contributed by atoms with E-state index in [1.807, 2.05) is 0 Å². The third-order valence-corrected chi connectivity index (χ3v) is 3.83. The van der Waals surface area contributed by atoms with Crippen molar-refractivity contribution in [2.24, 2.45) is 0 Å². The van der Waals surface area contributed by atoms with Gasteiger partial charge in [0.2, 0.25) is 5.91 Å². The fraction of sp³-hybridized carbons (Fsp3) is 0.211. The van der Waals surface area contributed by atoms with Crippen LogP contribution in [0.1, 0.15) is 16.7 Å². The average Bonchev–Trinajstić information content (AvgIpc) is 2.66. The van der Waals surface area contributed by atoms with E-state index in [1.54, 1.807) is 13.0 Å². The molecule has 0 bridgehead atoms. The molecule has 0 saturated carbocycles. The minimum atomic E-state index is -3.19. The molecular weight excluding hydrogens is 393 g/mol. The first-order chi connectivity index (χ1) is 13.7. The van der Waals surface area contributed by atoms with Crippen molar-refractivity contribution in [3.05, 3.63) is 69.0 Å². The fourth-order valence-corrected chi connectivity index (χ4v) is 2.43. The number of nitro benzene ring substituents is 1. The lowest BCUT2D eigenvalue weighted by Crippen LogP contribution is -2.20. The monoisotopic (exact) mass is 410 g/mol. The Hall–Kier alpha value is -3.56. The highest BCUT2D eigenvalue weighted by Gasteiger charge is 2.20. The van der Waals surface area contributed by atoms with Crippen LogP contribution in [-0.2, 0) is 11.3 Å². The normalized spacial score (nSPS) is 11.0. The number of aryl methyl sites for hydroxylation is 1. The second-order valence-electron chi connectivity index (χ2n) is 5.83. The molecule has 0 radical (unpaired) electrons. The van der Waals surface area contributed by atoms with Crippen LogP contribution in [0.5, 0.6) is 11.5 Å². The zero-order chi connectivity index (χ0) is 21.6. The molecule has 0 saturated heterocycles. The first-order valence-electron chi connectivity index (χ1n) is 8.23. The molecule has 0 heterocycles. The van der Waals surface area contributed by atoms with E-state index in [1.165, 1.54) is 19.2 Å². The Morgan fingerprint density at radius 2 is 2.00 bits per heavy atom. The molecule has 0 unspecified atom stereocenters. The number of benzene rings is 2. The Morgan fingerprint density at radius 1 is 1.28 bits per heavy atom. The number of methoxy groups -OCH3 is 1. The minimum absolute atomic E-state index is 0.0405. The number of halogens is 3. The molecule has 2 rings (SSSR count). The van der Waals surface area contributed by atoms with E-state index < -0.39 is 28.9 Å². The van der Waals surface area contributed by atoms with Crippen LogP contribution in [0.4, 0.5) is 18.9 Å². The van der Waals surface area contributed by atoms with Crippen LogP contribution in [0.3, 0.4) is 0 Å². The van der Waals surface area contributed by atoms with E-state index in [-0.39, 0.29) is 23.7 Å². The number of amides is 1. The van der Waals surface area contributed by atoms with Gasteiger partial charge in [-0.1, -0.05) is 12.1 Å². The Balaban J connectivity index is 2.17. The number of nitrogens with zero attached hydrogens (tertiary/aromatic N) is 1. The maximum atomic E-state index is 13.3. The van der Waals surface area contributed by atoms with Crippen LogP contribution in [0.15, 0.2) is 36.4 Å². The molecule has 0 aromatic heterocycles. The lowest BCUT2D eigenvalue weighted by molar-refractivity contribution is -0.385. The number of carbonyl (C=O) groups excluding carboxylic acids is 1. The predicted molar refractivity (Wildman–Crippen MR) is 98.3 cm³/mol. The Labute approximate surface area is 163 Å². The summed E-state index contributed by atoms with van der Waals surface area (Å²) in [6.45, 7) is -1.48. The quantitative estimate of drug-likeness (QED) is 0.404. The van der Waals surface area contributed by atoms with Crippen LogP contribution in [0.25, 0.3) is 6.08 Å². The van der Waals surface area contributed by atoms with E-state index in [0.717, 1.165) is 24.3 Å². The molecule has 29 heavy (non-hydrogen) atoms. The highest BCUT2D eigenvalue weighted by Crippen LogP contribution is 2.36. The number of nitrogens with one attached hydrogen (secondary N) is 1. The molecule has 0 aliphatic carbocycles. The zero-order valence-corrected chi connectivity index (χ0v) is 15.4. The van der Waals surface area contributed by atoms with E-state index >= 15 is 0 Å². The van der Waals surface area contributed by atoms with Gasteiger partial charge in [-0.3, -0.25) is 14.9 Å². The predicted octanol–water partition coefficient (Wildman–Crippen LogP) is 3.98. The number of ether oxygens (including phenoxy) is 2.